The monoisotopic (exact) mass is 426 g/mol. The zero-order valence-electron chi connectivity index (χ0n) is 16.9. The first-order valence-corrected chi connectivity index (χ1v) is 9.63. The Morgan fingerprint density at radius 3 is 2.52 bits per heavy atom. The first-order valence-electron chi connectivity index (χ1n) is 9.63. The summed E-state index contributed by atoms with van der Waals surface area (Å²) in [5.74, 6) is -2.16. The highest BCUT2D eigenvalue weighted by Gasteiger charge is 2.45. The van der Waals surface area contributed by atoms with Gasteiger partial charge in [-0.3, -0.25) is 19.7 Å². The van der Waals surface area contributed by atoms with Crippen LogP contribution in [0.4, 0.5) is 5.69 Å². The highest BCUT2D eigenvalue weighted by Crippen LogP contribution is 2.39. The maximum atomic E-state index is 12.9. The molecule has 2 aromatic carbocycles. The fraction of sp³-hybridized carbons (Fsp3) is 0.273. The van der Waals surface area contributed by atoms with Gasteiger partial charge in [0.25, 0.3) is 17.4 Å². The number of amides is 1. The number of nitro benzene ring substituents is 1. The number of carbonyl (C=O) groups excluding carboxylic acids is 2. The minimum atomic E-state index is -0.878. The molecular formula is C22H22N2O7. The smallest absolute Gasteiger partial charge is 0.295 e. The van der Waals surface area contributed by atoms with E-state index >= 15 is 0 Å². The maximum absolute atomic E-state index is 12.9. The van der Waals surface area contributed by atoms with Gasteiger partial charge in [-0.2, -0.15) is 0 Å². The predicted octanol–water partition coefficient (Wildman–Crippen LogP) is 2.33. The topological polar surface area (TPSA) is 130 Å². The molecule has 2 N–H and O–H groups in total. The van der Waals surface area contributed by atoms with Crippen LogP contribution in [0.5, 0.6) is 0 Å². The summed E-state index contributed by atoms with van der Waals surface area (Å²) in [5.41, 5.74) is 1.27. The molecule has 1 atom stereocenters. The molecule has 1 saturated heterocycles. The van der Waals surface area contributed by atoms with E-state index in [9.17, 15) is 24.8 Å². The fourth-order valence-corrected chi connectivity index (χ4v) is 3.46. The molecule has 0 bridgehead atoms. The van der Waals surface area contributed by atoms with Crippen molar-refractivity contribution in [1.29, 1.82) is 0 Å². The first kappa shape index (κ1) is 22.1. The number of aliphatic hydroxyl groups excluding tert-OH is 2. The minimum Gasteiger partial charge on any atom is -0.507 e. The number of hydrogen-bond acceptors (Lipinski definition) is 7. The Morgan fingerprint density at radius 2 is 1.87 bits per heavy atom. The lowest BCUT2D eigenvalue weighted by molar-refractivity contribution is -0.384. The van der Waals surface area contributed by atoms with E-state index in [-0.39, 0.29) is 43.2 Å². The van der Waals surface area contributed by atoms with E-state index in [1.807, 2.05) is 19.1 Å². The molecule has 1 fully saturated rings. The quantitative estimate of drug-likeness (QED) is 0.165. The van der Waals surface area contributed by atoms with E-state index in [1.54, 1.807) is 12.1 Å². The summed E-state index contributed by atoms with van der Waals surface area (Å²) in [6, 6.07) is 11.5. The summed E-state index contributed by atoms with van der Waals surface area (Å²) in [7, 11) is 0. The Balaban J connectivity index is 2.09. The Hall–Kier alpha value is -3.56. The number of nitro groups is 1. The van der Waals surface area contributed by atoms with Crippen molar-refractivity contribution in [2.45, 2.75) is 13.0 Å². The lowest BCUT2D eigenvalue weighted by atomic mass is 9.94. The highest BCUT2D eigenvalue weighted by molar-refractivity contribution is 6.46. The van der Waals surface area contributed by atoms with Crippen molar-refractivity contribution < 1.29 is 29.5 Å². The van der Waals surface area contributed by atoms with Gasteiger partial charge in [0.1, 0.15) is 5.76 Å². The van der Waals surface area contributed by atoms with Crippen LogP contribution in [-0.2, 0) is 14.3 Å². The molecule has 9 nitrogen and oxygen atoms in total. The molecule has 0 radical (unpaired) electrons. The molecule has 31 heavy (non-hydrogen) atoms. The Morgan fingerprint density at radius 1 is 1.16 bits per heavy atom. The number of Topliss-reactive ketones (excluding diaryl/α,β-unsaturated/α-hetero) is 1. The van der Waals surface area contributed by atoms with Crippen LogP contribution >= 0.6 is 0 Å². The second-order valence-corrected chi connectivity index (χ2v) is 7.05. The highest BCUT2D eigenvalue weighted by atomic mass is 16.6. The number of ether oxygens (including phenoxy) is 1. The molecule has 0 aliphatic carbocycles. The second-order valence-electron chi connectivity index (χ2n) is 7.05. The molecule has 0 aromatic heterocycles. The van der Waals surface area contributed by atoms with Gasteiger partial charge in [-0.15, -0.1) is 0 Å². The summed E-state index contributed by atoms with van der Waals surface area (Å²) in [4.78, 5) is 37.4. The van der Waals surface area contributed by atoms with Crippen molar-refractivity contribution in [2.75, 3.05) is 26.4 Å². The number of nitrogens with zero attached hydrogens (tertiary/aromatic N) is 2. The van der Waals surface area contributed by atoms with Gasteiger partial charge in [0.15, 0.2) is 0 Å². The lowest BCUT2D eigenvalue weighted by Crippen LogP contribution is -2.33. The molecule has 162 valence electrons. The van der Waals surface area contributed by atoms with Gasteiger partial charge in [-0.05, 0) is 12.5 Å². The number of rotatable bonds is 8. The minimum absolute atomic E-state index is 0.0643. The van der Waals surface area contributed by atoms with Crippen molar-refractivity contribution in [3.05, 3.63) is 80.9 Å². The standard InChI is InChI=1S/C22H22N2O7/c1-14-5-7-15(8-6-14)19-18(20(26)16-3-2-4-17(13-16)24(29)30)21(27)22(28)23(19)9-11-31-12-10-25/h2-8,13,19,25-26H,9-12H2,1H3/b20-18+/t19-/m0/s1. The van der Waals surface area contributed by atoms with Crippen LogP contribution in [0.3, 0.4) is 0 Å². The second kappa shape index (κ2) is 9.50. The number of non-ortho nitro benzene ring substituents is 1. The van der Waals surface area contributed by atoms with Crippen molar-refractivity contribution in [3.63, 3.8) is 0 Å². The van der Waals surface area contributed by atoms with E-state index in [2.05, 4.69) is 0 Å². The van der Waals surface area contributed by atoms with Gasteiger partial charge in [-0.1, -0.05) is 42.0 Å². The van der Waals surface area contributed by atoms with Crippen LogP contribution in [0, 0.1) is 17.0 Å². The zero-order valence-corrected chi connectivity index (χ0v) is 16.9. The summed E-state index contributed by atoms with van der Waals surface area (Å²) in [6.45, 7) is 1.97. The third kappa shape index (κ3) is 4.62. The molecule has 0 spiro atoms. The zero-order chi connectivity index (χ0) is 22.5. The molecule has 3 rings (SSSR count). The van der Waals surface area contributed by atoms with Crippen molar-refractivity contribution in [2.24, 2.45) is 0 Å². The SMILES string of the molecule is Cc1ccc([C@H]2/C(=C(\O)c3cccc([N+](=O)[O-])c3)C(=O)C(=O)N2CCOCCO)cc1. The number of ketones is 1. The summed E-state index contributed by atoms with van der Waals surface area (Å²) in [5, 5.41) is 30.9. The van der Waals surface area contributed by atoms with E-state index < -0.39 is 28.4 Å². The van der Waals surface area contributed by atoms with Crippen molar-refractivity contribution >= 4 is 23.1 Å². The lowest BCUT2D eigenvalue weighted by Gasteiger charge is -2.25. The summed E-state index contributed by atoms with van der Waals surface area (Å²) in [6.07, 6.45) is 0. The van der Waals surface area contributed by atoms with Crippen LogP contribution in [0.15, 0.2) is 54.1 Å². The number of likely N-dealkylation sites (tertiary alicyclic amines) is 1. The van der Waals surface area contributed by atoms with Gasteiger partial charge in [0.05, 0.1) is 36.4 Å². The number of aliphatic hydroxyl groups is 2. The largest absolute Gasteiger partial charge is 0.507 e. The third-order valence-electron chi connectivity index (χ3n) is 4.98. The van der Waals surface area contributed by atoms with E-state index in [1.165, 1.54) is 23.1 Å². The van der Waals surface area contributed by atoms with E-state index in [4.69, 9.17) is 9.84 Å². The van der Waals surface area contributed by atoms with E-state index in [0.717, 1.165) is 11.6 Å². The summed E-state index contributed by atoms with van der Waals surface area (Å²) < 4.78 is 5.25. The molecule has 1 aliphatic heterocycles. The van der Waals surface area contributed by atoms with Crippen LogP contribution in [0.25, 0.3) is 5.76 Å². The molecule has 1 heterocycles. The maximum Gasteiger partial charge on any atom is 0.295 e. The van der Waals surface area contributed by atoms with Gasteiger partial charge in [0.2, 0.25) is 0 Å². The number of benzene rings is 2. The molecule has 0 unspecified atom stereocenters. The predicted molar refractivity (Wildman–Crippen MR) is 111 cm³/mol. The fourth-order valence-electron chi connectivity index (χ4n) is 3.46. The van der Waals surface area contributed by atoms with Crippen LogP contribution in [-0.4, -0.2) is 58.1 Å². The molecular weight excluding hydrogens is 404 g/mol. The van der Waals surface area contributed by atoms with Crippen LogP contribution < -0.4 is 0 Å². The third-order valence-corrected chi connectivity index (χ3v) is 4.98. The van der Waals surface area contributed by atoms with E-state index in [0.29, 0.717) is 5.56 Å². The number of carbonyl (C=O) groups is 2. The normalized spacial score (nSPS) is 17.9. The van der Waals surface area contributed by atoms with Crippen molar-refractivity contribution in [3.8, 4) is 0 Å². The molecule has 1 aliphatic rings. The van der Waals surface area contributed by atoms with Gasteiger partial charge in [-0.25, -0.2) is 0 Å². The molecule has 0 saturated carbocycles. The number of aryl methyl sites for hydroxylation is 1. The molecule has 9 heteroatoms. The Labute approximate surface area is 178 Å². The molecule has 2 aromatic rings. The van der Waals surface area contributed by atoms with Crippen LogP contribution in [0.1, 0.15) is 22.7 Å². The average Bonchev–Trinajstić information content (AvgIpc) is 3.01. The summed E-state index contributed by atoms with van der Waals surface area (Å²) >= 11 is 0. The Bertz CT molecular complexity index is 1030. The van der Waals surface area contributed by atoms with Gasteiger partial charge < -0.3 is 19.8 Å². The van der Waals surface area contributed by atoms with Gasteiger partial charge in [0, 0.05) is 24.2 Å². The Kier molecular flexibility index (Phi) is 6.78. The van der Waals surface area contributed by atoms with Crippen molar-refractivity contribution in [1.82, 2.24) is 4.90 Å². The van der Waals surface area contributed by atoms with Crippen LogP contribution in [0.2, 0.25) is 0 Å². The van der Waals surface area contributed by atoms with Gasteiger partial charge >= 0.3 is 0 Å². The number of hydrogen-bond donors (Lipinski definition) is 2. The molecule has 1 amide bonds. The average molecular weight is 426 g/mol. The first-order chi connectivity index (χ1) is 14.8.